The largest absolute Gasteiger partial charge is 0.391 e. The molecule has 1 atom stereocenters. The average Bonchev–Trinajstić information content (AvgIpc) is 3.07. The Hall–Kier alpha value is -2.16. The lowest BCUT2D eigenvalue weighted by molar-refractivity contribution is 0.114. The molecule has 2 aliphatic rings. The van der Waals surface area contributed by atoms with Gasteiger partial charge in [0.15, 0.2) is 9.84 Å². The molecule has 0 bridgehead atoms. The number of carbonyl (C=O) groups is 1. The van der Waals surface area contributed by atoms with E-state index in [1.54, 1.807) is 9.80 Å². The molecular weight excluding hydrogens is 414 g/mol. The van der Waals surface area contributed by atoms with Crippen molar-refractivity contribution in [1.82, 2.24) is 14.8 Å². The zero-order chi connectivity index (χ0) is 20.8. The van der Waals surface area contributed by atoms with Crippen LogP contribution in [0.25, 0.3) is 11.1 Å². The number of nitrogens with zero attached hydrogens (tertiary/aromatic N) is 3. The monoisotopic (exact) mass is 435 g/mol. The zero-order valence-corrected chi connectivity index (χ0v) is 17.5. The van der Waals surface area contributed by atoms with Crippen LogP contribution in [0.2, 0.25) is 5.15 Å². The Labute approximate surface area is 174 Å². The van der Waals surface area contributed by atoms with Gasteiger partial charge in [0.25, 0.3) is 0 Å². The first-order valence-corrected chi connectivity index (χ1v) is 11.7. The van der Waals surface area contributed by atoms with Gasteiger partial charge in [0, 0.05) is 50.1 Å². The van der Waals surface area contributed by atoms with Crippen molar-refractivity contribution in [2.24, 2.45) is 0 Å². The summed E-state index contributed by atoms with van der Waals surface area (Å²) in [6.07, 6.45) is 2.85. The lowest BCUT2D eigenvalue weighted by Gasteiger charge is -2.41. The van der Waals surface area contributed by atoms with Crippen molar-refractivity contribution in [2.75, 3.05) is 32.4 Å². The second kappa shape index (κ2) is 7.59. The minimum Gasteiger partial charge on any atom is -0.391 e. The van der Waals surface area contributed by atoms with E-state index in [0.29, 0.717) is 38.2 Å². The Balaban J connectivity index is 1.46. The van der Waals surface area contributed by atoms with Gasteiger partial charge in [0.1, 0.15) is 5.15 Å². The van der Waals surface area contributed by atoms with E-state index in [-0.39, 0.29) is 22.0 Å². The summed E-state index contributed by atoms with van der Waals surface area (Å²) in [5.74, 6) is 0.248. The minimum atomic E-state index is -3.44. The van der Waals surface area contributed by atoms with Gasteiger partial charge in [-0.15, -0.1) is 0 Å². The minimum absolute atomic E-state index is 0.0144. The third-order valence-electron chi connectivity index (χ3n) is 5.51. The summed E-state index contributed by atoms with van der Waals surface area (Å²) in [4.78, 5) is 20.1. The van der Waals surface area contributed by atoms with Crippen LogP contribution in [0.1, 0.15) is 17.9 Å². The summed E-state index contributed by atoms with van der Waals surface area (Å²) >= 11 is 5.87. The molecule has 2 amide bonds. The lowest BCUT2D eigenvalue weighted by atomic mass is 9.90. The molecule has 2 aliphatic heterocycles. The Morgan fingerprint density at radius 1 is 1.17 bits per heavy atom. The molecule has 1 aromatic carbocycles. The summed E-state index contributed by atoms with van der Waals surface area (Å²) in [5.41, 5.74) is 2.36. The van der Waals surface area contributed by atoms with Gasteiger partial charge >= 0.3 is 6.03 Å². The fourth-order valence-corrected chi connectivity index (χ4v) is 4.95. The molecule has 2 aromatic rings. The van der Waals surface area contributed by atoms with Crippen LogP contribution in [0.4, 0.5) is 4.79 Å². The highest BCUT2D eigenvalue weighted by molar-refractivity contribution is 7.90. The van der Waals surface area contributed by atoms with E-state index in [1.807, 2.05) is 24.3 Å². The first kappa shape index (κ1) is 20.1. The van der Waals surface area contributed by atoms with Gasteiger partial charge in [-0.3, -0.25) is 0 Å². The molecule has 0 spiro atoms. The SMILES string of the molecule is CS(=O)(=O)c1cc(Cl)ncc1-c1ccc(C2CN(C(=O)N3CC[C@H](O)C3)C2)cc1. The molecule has 0 radical (unpaired) electrons. The van der Waals surface area contributed by atoms with Gasteiger partial charge in [-0.25, -0.2) is 18.2 Å². The van der Waals surface area contributed by atoms with Crippen LogP contribution in [0.3, 0.4) is 0 Å². The molecule has 7 nitrogen and oxygen atoms in total. The van der Waals surface area contributed by atoms with Crippen LogP contribution >= 0.6 is 11.6 Å². The van der Waals surface area contributed by atoms with E-state index in [2.05, 4.69) is 4.98 Å². The number of carbonyl (C=O) groups excluding carboxylic acids is 1. The number of aromatic nitrogens is 1. The number of sulfone groups is 1. The fourth-order valence-electron chi connectivity index (χ4n) is 3.83. The zero-order valence-electron chi connectivity index (χ0n) is 16.0. The van der Waals surface area contributed by atoms with Crippen LogP contribution in [0.5, 0.6) is 0 Å². The van der Waals surface area contributed by atoms with E-state index in [0.717, 1.165) is 17.4 Å². The predicted octanol–water partition coefficient (Wildman–Crippen LogP) is 2.39. The molecule has 1 aromatic heterocycles. The Morgan fingerprint density at radius 2 is 1.86 bits per heavy atom. The van der Waals surface area contributed by atoms with Crippen LogP contribution in [0.15, 0.2) is 41.4 Å². The van der Waals surface area contributed by atoms with E-state index in [9.17, 15) is 18.3 Å². The first-order valence-electron chi connectivity index (χ1n) is 9.40. The van der Waals surface area contributed by atoms with Crippen molar-refractivity contribution in [2.45, 2.75) is 23.3 Å². The quantitative estimate of drug-likeness (QED) is 0.747. The van der Waals surface area contributed by atoms with Crippen LogP contribution in [0, 0.1) is 0 Å². The maximum atomic E-state index is 12.4. The van der Waals surface area contributed by atoms with Crippen molar-refractivity contribution in [3.8, 4) is 11.1 Å². The summed E-state index contributed by atoms with van der Waals surface area (Å²) in [6, 6.07) is 9.01. The molecule has 4 rings (SSSR count). The number of rotatable bonds is 3. The number of amides is 2. The van der Waals surface area contributed by atoms with E-state index < -0.39 is 15.9 Å². The van der Waals surface area contributed by atoms with Crippen molar-refractivity contribution in [3.63, 3.8) is 0 Å². The summed E-state index contributed by atoms with van der Waals surface area (Å²) < 4.78 is 24.2. The summed E-state index contributed by atoms with van der Waals surface area (Å²) in [5, 5.41) is 9.73. The number of β-amino-alcohol motifs (C(OH)–C–C–N with tert-alkyl or cyclic N) is 1. The number of aliphatic hydroxyl groups is 1. The normalized spacial score (nSPS) is 20.0. The molecule has 0 unspecified atom stereocenters. The van der Waals surface area contributed by atoms with Crippen molar-refractivity contribution in [3.05, 3.63) is 47.2 Å². The van der Waals surface area contributed by atoms with Gasteiger partial charge in [0.05, 0.1) is 11.0 Å². The maximum Gasteiger partial charge on any atom is 0.320 e. The molecule has 0 aliphatic carbocycles. The molecular formula is C20H22ClN3O4S. The van der Waals surface area contributed by atoms with Gasteiger partial charge in [-0.05, 0) is 23.6 Å². The van der Waals surface area contributed by atoms with Gasteiger partial charge in [0.2, 0.25) is 0 Å². The molecule has 9 heteroatoms. The Morgan fingerprint density at radius 3 is 2.45 bits per heavy atom. The molecule has 3 heterocycles. The van der Waals surface area contributed by atoms with Crippen molar-refractivity contribution in [1.29, 1.82) is 0 Å². The number of benzene rings is 1. The number of hydrogen-bond acceptors (Lipinski definition) is 5. The first-order chi connectivity index (χ1) is 13.7. The molecule has 154 valence electrons. The molecule has 1 N–H and O–H groups in total. The Kier molecular flexibility index (Phi) is 5.27. The third-order valence-corrected chi connectivity index (χ3v) is 6.85. The van der Waals surface area contributed by atoms with Crippen LogP contribution < -0.4 is 0 Å². The molecule has 2 fully saturated rings. The van der Waals surface area contributed by atoms with Crippen LogP contribution in [-0.4, -0.2) is 72.9 Å². The van der Waals surface area contributed by atoms with Gasteiger partial charge < -0.3 is 14.9 Å². The maximum absolute atomic E-state index is 12.4. The van der Waals surface area contributed by atoms with Crippen molar-refractivity contribution >= 4 is 27.5 Å². The summed E-state index contributed by atoms with van der Waals surface area (Å²) in [7, 11) is -3.44. The number of likely N-dealkylation sites (tertiary alicyclic amines) is 2. The predicted molar refractivity (Wildman–Crippen MR) is 110 cm³/mol. The standard InChI is InChI=1S/C20H22ClN3O4S/c1-29(27,28)18-8-19(21)22-9-17(18)14-4-2-13(3-5-14)15-10-24(11-15)20(26)23-7-6-16(25)12-23/h2-5,8-9,15-16,25H,6-7,10-12H2,1H3/t16-/m0/s1. The second-order valence-corrected chi connectivity index (χ2v) is 10.0. The number of urea groups is 1. The smallest absolute Gasteiger partial charge is 0.320 e. The van der Waals surface area contributed by atoms with E-state index >= 15 is 0 Å². The highest BCUT2D eigenvalue weighted by atomic mass is 35.5. The third kappa shape index (κ3) is 4.10. The number of halogens is 1. The number of aliphatic hydroxyl groups excluding tert-OH is 1. The second-order valence-electron chi connectivity index (χ2n) is 7.67. The lowest BCUT2D eigenvalue weighted by Crippen LogP contribution is -2.53. The molecule has 0 saturated carbocycles. The molecule has 2 saturated heterocycles. The number of hydrogen-bond donors (Lipinski definition) is 1. The highest BCUT2D eigenvalue weighted by Gasteiger charge is 2.36. The molecule has 29 heavy (non-hydrogen) atoms. The van der Waals surface area contributed by atoms with Gasteiger partial charge in [-0.1, -0.05) is 35.9 Å². The average molecular weight is 436 g/mol. The Bertz CT molecular complexity index is 1040. The van der Waals surface area contributed by atoms with Crippen molar-refractivity contribution < 1.29 is 18.3 Å². The highest BCUT2D eigenvalue weighted by Crippen LogP contribution is 2.32. The van der Waals surface area contributed by atoms with E-state index in [1.165, 1.54) is 12.3 Å². The van der Waals surface area contributed by atoms with Crippen LogP contribution in [-0.2, 0) is 9.84 Å². The van der Waals surface area contributed by atoms with Gasteiger partial charge in [-0.2, -0.15) is 0 Å². The summed E-state index contributed by atoms with van der Waals surface area (Å²) in [6.45, 7) is 2.30. The topological polar surface area (TPSA) is 90.8 Å². The number of pyridine rings is 1. The van der Waals surface area contributed by atoms with E-state index in [4.69, 9.17) is 11.6 Å². The fraction of sp³-hybridized carbons (Fsp3) is 0.400.